The van der Waals surface area contributed by atoms with Gasteiger partial charge in [-0.05, 0) is 74.4 Å². The molecular weight excluding hydrogens is 558 g/mol. The van der Waals surface area contributed by atoms with Crippen LogP contribution < -0.4 is 9.62 Å². The summed E-state index contributed by atoms with van der Waals surface area (Å²) in [6.45, 7) is 6.36. The Kier molecular flexibility index (Phi) is 11.0. The van der Waals surface area contributed by atoms with E-state index in [2.05, 4.69) is 5.32 Å². The molecule has 0 saturated heterocycles. The van der Waals surface area contributed by atoms with Gasteiger partial charge < -0.3 is 10.2 Å². The Labute approximate surface area is 257 Å². The van der Waals surface area contributed by atoms with Crippen LogP contribution in [0, 0.1) is 20.8 Å². The van der Waals surface area contributed by atoms with Gasteiger partial charge in [-0.25, -0.2) is 8.42 Å². The molecule has 0 radical (unpaired) electrons. The molecule has 3 aromatic rings. The molecule has 4 rings (SSSR count). The van der Waals surface area contributed by atoms with Gasteiger partial charge in [-0.2, -0.15) is 0 Å². The summed E-state index contributed by atoms with van der Waals surface area (Å²) in [5.74, 6) is -0.304. The molecule has 0 bridgehead atoms. The average molecular weight is 604 g/mol. The number of nitrogens with one attached hydrogen (secondary N) is 1. The minimum absolute atomic E-state index is 0.116. The van der Waals surface area contributed by atoms with E-state index in [-0.39, 0.29) is 30.8 Å². The SMILES string of the molecule is Cc1ccc(CN(C(=O)CCCN(c2cc(C)cc(C)c2)S(C)(=O)=O)[C@H](Cc2ccccc2)C(=O)NC2CCCC2)cc1. The first kappa shape index (κ1) is 32.3. The lowest BCUT2D eigenvalue weighted by Crippen LogP contribution is -2.52. The van der Waals surface area contributed by atoms with Gasteiger partial charge in [0.05, 0.1) is 11.9 Å². The highest BCUT2D eigenvalue weighted by molar-refractivity contribution is 7.92. The Morgan fingerprint density at radius 3 is 2.09 bits per heavy atom. The lowest BCUT2D eigenvalue weighted by Gasteiger charge is -2.33. The molecule has 0 aliphatic heterocycles. The first-order valence-corrected chi connectivity index (χ1v) is 17.1. The van der Waals surface area contributed by atoms with Gasteiger partial charge >= 0.3 is 0 Å². The number of aryl methyl sites for hydroxylation is 3. The number of rotatable bonds is 13. The summed E-state index contributed by atoms with van der Waals surface area (Å²) in [5, 5.41) is 3.24. The highest BCUT2D eigenvalue weighted by atomic mass is 32.2. The predicted molar refractivity (Wildman–Crippen MR) is 173 cm³/mol. The fourth-order valence-electron chi connectivity index (χ4n) is 5.91. The number of hydrogen-bond acceptors (Lipinski definition) is 4. The molecule has 1 aliphatic carbocycles. The summed E-state index contributed by atoms with van der Waals surface area (Å²) < 4.78 is 26.9. The lowest BCUT2D eigenvalue weighted by atomic mass is 10.0. The smallest absolute Gasteiger partial charge is 0.243 e. The van der Waals surface area contributed by atoms with Gasteiger partial charge in [0.1, 0.15) is 6.04 Å². The van der Waals surface area contributed by atoms with Crippen molar-refractivity contribution in [3.63, 3.8) is 0 Å². The molecule has 1 saturated carbocycles. The Balaban J connectivity index is 1.59. The molecule has 0 heterocycles. The molecule has 0 unspecified atom stereocenters. The number of carbonyl (C=O) groups excluding carboxylic acids is 2. The van der Waals surface area contributed by atoms with Gasteiger partial charge in [0.25, 0.3) is 0 Å². The van der Waals surface area contributed by atoms with E-state index in [4.69, 9.17) is 0 Å². The Morgan fingerprint density at radius 1 is 0.860 bits per heavy atom. The minimum Gasteiger partial charge on any atom is -0.352 e. The molecule has 230 valence electrons. The van der Waals surface area contributed by atoms with E-state index in [1.54, 1.807) is 4.90 Å². The molecule has 1 N–H and O–H groups in total. The van der Waals surface area contributed by atoms with Crippen LogP contribution in [0.1, 0.15) is 66.3 Å². The molecular formula is C35H45N3O4S. The Morgan fingerprint density at radius 2 is 1.49 bits per heavy atom. The van der Waals surface area contributed by atoms with Crippen molar-refractivity contribution in [3.05, 3.63) is 101 Å². The molecule has 1 fully saturated rings. The van der Waals surface area contributed by atoms with E-state index in [0.29, 0.717) is 25.1 Å². The summed E-state index contributed by atoms with van der Waals surface area (Å²) in [4.78, 5) is 29.6. The van der Waals surface area contributed by atoms with Crippen molar-refractivity contribution in [2.24, 2.45) is 0 Å². The molecule has 0 spiro atoms. The zero-order valence-corrected chi connectivity index (χ0v) is 26.7. The summed E-state index contributed by atoms with van der Waals surface area (Å²) in [5.41, 5.74) is 5.59. The fraction of sp³-hybridized carbons (Fsp3) is 0.429. The first-order chi connectivity index (χ1) is 20.5. The normalized spacial score (nSPS) is 14.3. The standard InChI is InChI=1S/C35H45N3O4S/c1-26-16-18-30(19-17-26)25-37(33(24-29-11-6-5-7-12-29)35(40)36-31-13-8-9-14-31)34(39)15-10-20-38(43(4,41)42)32-22-27(2)21-28(3)23-32/h5-7,11-12,16-19,21-23,31,33H,8-10,13-15,20,24-25H2,1-4H3,(H,36,40)/t33-/m1/s1. The first-order valence-electron chi connectivity index (χ1n) is 15.2. The number of nitrogens with zero attached hydrogens (tertiary/aromatic N) is 2. The van der Waals surface area contributed by atoms with Gasteiger partial charge in [-0.3, -0.25) is 13.9 Å². The van der Waals surface area contributed by atoms with Crippen LogP contribution in [0.4, 0.5) is 5.69 Å². The Bertz CT molecular complexity index is 1460. The van der Waals surface area contributed by atoms with E-state index in [1.165, 1.54) is 10.6 Å². The molecule has 8 heteroatoms. The van der Waals surface area contributed by atoms with Crippen molar-refractivity contribution < 1.29 is 18.0 Å². The summed E-state index contributed by atoms with van der Waals surface area (Å²) in [6.07, 6.45) is 6.13. The van der Waals surface area contributed by atoms with E-state index in [1.807, 2.05) is 93.6 Å². The van der Waals surface area contributed by atoms with Crippen LogP contribution in [-0.2, 0) is 32.6 Å². The third kappa shape index (κ3) is 9.42. The Hall–Kier alpha value is -3.65. The highest BCUT2D eigenvalue weighted by Crippen LogP contribution is 2.24. The van der Waals surface area contributed by atoms with Gasteiger partial charge in [0.15, 0.2) is 0 Å². The molecule has 3 aromatic carbocycles. The number of carbonyl (C=O) groups is 2. The van der Waals surface area contributed by atoms with Crippen molar-refractivity contribution in [1.82, 2.24) is 10.2 Å². The van der Waals surface area contributed by atoms with Crippen LogP contribution in [-0.4, -0.2) is 50.0 Å². The van der Waals surface area contributed by atoms with Crippen LogP contribution in [0.2, 0.25) is 0 Å². The van der Waals surface area contributed by atoms with Crippen LogP contribution in [0.25, 0.3) is 0 Å². The third-order valence-corrected chi connectivity index (χ3v) is 9.29. The number of amides is 2. The topological polar surface area (TPSA) is 86.8 Å². The number of benzene rings is 3. The van der Waals surface area contributed by atoms with Crippen molar-refractivity contribution in [2.45, 2.75) is 84.3 Å². The second kappa shape index (κ2) is 14.7. The van der Waals surface area contributed by atoms with Crippen LogP contribution in [0.5, 0.6) is 0 Å². The highest BCUT2D eigenvalue weighted by Gasteiger charge is 2.32. The zero-order chi connectivity index (χ0) is 31.0. The number of hydrogen-bond donors (Lipinski definition) is 1. The van der Waals surface area contributed by atoms with Gasteiger partial charge in [-0.1, -0.05) is 79.1 Å². The molecule has 7 nitrogen and oxygen atoms in total. The quantitative estimate of drug-likeness (QED) is 0.265. The summed E-state index contributed by atoms with van der Waals surface area (Å²) >= 11 is 0. The van der Waals surface area contributed by atoms with Crippen molar-refractivity contribution in [2.75, 3.05) is 17.1 Å². The van der Waals surface area contributed by atoms with E-state index in [0.717, 1.165) is 53.5 Å². The monoisotopic (exact) mass is 603 g/mol. The van der Waals surface area contributed by atoms with Gasteiger partial charge in [0.2, 0.25) is 21.8 Å². The van der Waals surface area contributed by atoms with Crippen LogP contribution >= 0.6 is 0 Å². The minimum atomic E-state index is -3.56. The molecule has 0 aromatic heterocycles. The predicted octanol–water partition coefficient (Wildman–Crippen LogP) is 5.86. The van der Waals surface area contributed by atoms with Crippen molar-refractivity contribution >= 4 is 27.5 Å². The third-order valence-electron chi connectivity index (χ3n) is 8.09. The molecule has 1 atom stereocenters. The van der Waals surface area contributed by atoms with Gasteiger partial charge in [0, 0.05) is 32.0 Å². The second-order valence-electron chi connectivity index (χ2n) is 12.0. The maximum atomic E-state index is 14.0. The summed E-state index contributed by atoms with van der Waals surface area (Å²) in [6, 6.07) is 22.9. The average Bonchev–Trinajstić information content (AvgIpc) is 3.46. The maximum Gasteiger partial charge on any atom is 0.243 e. The maximum absolute atomic E-state index is 14.0. The van der Waals surface area contributed by atoms with Gasteiger partial charge in [-0.15, -0.1) is 0 Å². The molecule has 1 aliphatic rings. The van der Waals surface area contributed by atoms with E-state index in [9.17, 15) is 18.0 Å². The summed E-state index contributed by atoms with van der Waals surface area (Å²) in [7, 11) is -3.56. The van der Waals surface area contributed by atoms with Crippen LogP contribution in [0.15, 0.2) is 72.8 Å². The largest absolute Gasteiger partial charge is 0.352 e. The van der Waals surface area contributed by atoms with Crippen molar-refractivity contribution in [1.29, 1.82) is 0 Å². The second-order valence-corrected chi connectivity index (χ2v) is 13.9. The number of anilines is 1. The fourth-order valence-corrected chi connectivity index (χ4v) is 6.86. The van der Waals surface area contributed by atoms with E-state index < -0.39 is 16.1 Å². The molecule has 43 heavy (non-hydrogen) atoms. The number of sulfonamides is 1. The van der Waals surface area contributed by atoms with Crippen molar-refractivity contribution in [3.8, 4) is 0 Å². The van der Waals surface area contributed by atoms with E-state index >= 15 is 0 Å². The molecule has 2 amide bonds. The lowest BCUT2D eigenvalue weighted by molar-refractivity contribution is -0.141. The van der Waals surface area contributed by atoms with Crippen LogP contribution in [0.3, 0.4) is 0 Å². The zero-order valence-electron chi connectivity index (χ0n) is 25.9.